The average molecular weight is 390 g/mol. The van der Waals surface area contributed by atoms with Gasteiger partial charge in [0.1, 0.15) is 5.75 Å². The van der Waals surface area contributed by atoms with Crippen molar-refractivity contribution in [2.24, 2.45) is 5.73 Å². The van der Waals surface area contributed by atoms with E-state index in [1.807, 2.05) is 42.5 Å². The minimum atomic E-state index is -0.544. The van der Waals surface area contributed by atoms with E-state index in [1.165, 1.54) is 0 Å². The first-order chi connectivity index (χ1) is 14.2. The largest absolute Gasteiger partial charge is 0.490 e. The van der Waals surface area contributed by atoms with Gasteiger partial charge in [-0.25, -0.2) is 0 Å². The van der Waals surface area contributed by atoms with Crippen LogP contribution in [0.4, 0.5) is 0 Å². The molecule has 4 rings (SSSR count). The van der Waals surface area contributed by atoms with Crippen LogP contribution in [0.15, 0.2) is 61.1 Å². The molecule has 1 saturated carbocycles. The monoisotopic (exact) mass is 390 g/mol. The number of pyridine rings is 2. The summed E-state index contributed by atoms with van der Waals surface area (Å²) in [6.45, 7) is 0. The molecule has 0 radical (unpaired) electrons. The first-order valence-corrected chi connectivity index (χ1v) is 10.1. The van der Waals surface area contributed by atoms with Crippen molar-refractivity contribution in [1.29, 1.82) is 0 Å². The summed E-state index contributed by atoms with van der Waals surface area (Å²) in [6, 6.07) is 13.4. The zero-order chi connectivity index (χ0) is 20.1. The number of carbonyl (C=O) groups excluding carboxylic acids is 1. The number of nitrogens with two attached hydrogens (primary N) is 1. The first kappa shape index (κ1) is 19.3. The molecule has 29 heavy (non-hydrogen) atoms. The lowest BCUT2D eigenvalue weighted by Crippen LogP contribution is -2.48. The SMILES string of the molecule is N[C@@H](Cc1ccncc1)C(=O)NC1CCC(Oc2ccc3ncccc3c2)CC1. The Kier molecular flexibility index (Phi) is 6.00. The highest BCUT2D eigenvalue weighted by atomic mass is 16.5. The van der Waals surface area contributed by atoms with Crippen LogP contribution in [-0.2, 0) is 11.2 Å². The van der Waals surface area contributed by atoms with Gasteiger partial charge in [0.25, 0.3) is 0 Å². The third-order valence-electron chi connectivity index (χ3n) is 5.44. The van der Waals surface area contributed by atoms with E-state index < -0.39 is 6.04 Å². The maximum atomic E-state index is 12.4. The number of rotatable bonds is 6. The summed E-state index contributed by atoms with van der Waals surface area (Å²) in [4.78, 5) is 20.7. The van der Waals surface area contributed by atoms with Crippen molar-refractivity contribution in [2.75, 3.05) is 0 Å². The number of nitrogens with one attached hydrogen (secondary N) is 1. The zero-order valence-electron chi connectivity index (χ0n) is 16.3. The van der Waals surface area contributed by atoms with Gasteiger partial charge in [-0.3, -0.25) is 14.8 Å². The van der Waals surface area contributed by atoms with Crippen LogP contribution in [0.3, 0.4) is 0 Å². The molecule has 1 aliphatic rings. The number of aromatic nitrogens is 2. The fraction of sp³-hybridized carbons (Fsp3) is 0.348. The molecule has 3 N–H and O–H groups in total. The van der Waals surface area contributed by atoms with Gasteiger partial charge in [-0.05, 0) is 74.1 Å². The minimum absolute atomic E-state index is 0.0896. The van der Waals surface area contributed by atoms with E-state index in [0.717, 1.165) is 47.9 Å². The zero-order valence-corrected chi connectivity index (χ0v) is 16.3. The van der Waals surface area contributed by atoms with Crippen LogP contribution in [0.25, 0.3) is 10.9 Å². The Morgan fingerprint density at radius 1 is 1.10 bits per heavy atom. The fourth-order valence-corrected chi connectivity index (χ4v) is 3.82. The van der Waals surface area contributed by atoms with Crippen LogP contribution in [0, 0.1) is 0 Å². The molecular weight excluding hydrogens is 364 g/mol. The quantitative estimate of drug-likeness (QED) is 0.675. The van der Waals surface area contributed by atoms with Crippen molar-refractivity contribution in [1.82, 2.24) is 15.3 Å². The smallest absolute Gasteiger partial charge is 0.237 e. The van der Waals surface area contributed by atoms with Crippen molar-refractivity contribution in [3.63, 3.8) is 0 Å². The number of carbonyl (C=O) groups is 1. The van der Waals surface area contributed by atoms with Gasteiger partial charge in [0.05, 0.1) is 17.7 Å². The van der Waals surface area contributed by atoms with Crippen molar-refractivity contribution in [3.8, 4) is 5.75 Å². The molecule has 0 aliphatic heterocycles. The highest BCUT2D eigenvalue weighted by Crippen LogP contribution is 2.26. The number of hydrogen-bond acceptors (Lipinski definition) is 5. The van der Waals surface area contributed by atoms with Crippen LogP contribution in [0.2, 0.25) is 0 Å². The number of amides is 1. The number of benzene rings is 1. The Morgan fingerprint density at radius 2 is 1.90 bits per heavy atom. The maximum Gasteiger partial charge on any atom is 0.237 e. The lowest BCUT2D eigenvalue weighted by atomic mass is 9.92. The van der Waals surface area contributed by atoms with E-state index in [-0.39, 0.29) is 18.1 Å². The van der Waals surface area contributed by atoms with Gasteiger partial charge in [0, 0.05) is 30.0 Å². The lowest BCUT2D eigenvalue weighted by molar-refractivity contribution is -0.123. The molecule has 1 fully saturated rings. The van der Waals surface area contributed by atoms with Gasteiger partial charge in [0.2, 0.25) is 5.91 Å². The van der Waals surface area contributed by atoms with E-state index in [9.17, 15) is 4.79 Å². The normalized spacial score (nSPS) is 20.2. The second kappa shape index (κ2) is 9.01. The summed E-state index contributed by atoms with van der Waals surface area (Å²) < 4.78 is 6.17. The van der Waals surface area contributed by atoms with Crippen LogP contribution in [0.1, 0.15) is 31.2 Å². The molecule has 2 heterocycles. The van der Waals surface area contributed by atoms with Crippen LogP contribution >= 0.6 is 0 Å². The molecule has 2 aromatic heterocycles. The van der Waals surface area contributed by atoms with Crippen molar-refractivity contribution in [2.45, 2.75) is 50.3 Å². The highest BCUT2D eigenvalue weighted by Gasteiger charge is 2.25. The van der Waals surface area contributed by atoms with Crippen molar-refractivity contribution in [3.05, 3.63) is 66.6 Å². The molecule has 6 heteroatoms. The third-order valence-corrected chi connectivity index (χ3v) is 5.44. The number of nitrogens with zero attached hydrogens (tertiary/aromatic N) is 2. The number of ether oxygens (including phenoxy) is 1. The molecule has 3 aromatic rings. The van der Waals surface area contributed by atoms with Gasteiger partial charge in [-0.15, -0.1) is 0 Å². The molecule has 0 bridgehead atoms. The highest BCUT2D eigenvalue weighted by molar-refractivity contribution is 5.82. The molecular formula is C23H26N4O2. The Labute approximate surface area is 170 Å². The summed E-state index contributed by atoms with van der Waals surface area (Å²) in [5, 5.41) is 4.18. The van der Waals surface area contributed by atoms with Gasteiger partial charge in [-0.2, -0.15) is 0 Å². The van der Waals surface area contributed by atoms with E-state index in [1.54, 1.807) is 18.6 Å². The predicted octanol–water partition coefficient (Wildman–Crippen LogP) is 3.01. The van der Waals surface area contributed by atoms with Gasteiger partial charge < -0.3 is 15.8 Å². The van der Waals surface area contributed by atoms with Crippen LogP contribution < -0.4 is 15.8 Å². The summed E-state index contributed by atoms with van der Waals surface area (Å²) >= 11 is 0. The number of hydrogen-bond donors (Lipinski definition) is 2. The molecule has 1 atom stereocenters. The first-order valence-electron chi connectivity index (χ1n) is 10.1. The van der Waals surface area contributed by atoms with E-state index in [4.69, 9.17) is 10.5 Å². The maximum absolute atomic E-state index is 12.4. The van der Waals surface area contributed by atoms with Crippen molar-refractivity contribution < 1.29 is 9.53 Å². The molecule has 6 nitrogen and oxygen atoms in total. The standard InChI is InChI=1S/C23H26N4O2/c24-21(14-16-9-12-25-13-10-16)23(28)27-18-3-5-19(6-4-18)29-20-7-8-22-17(15-20)2-1-11-26-22/h1-2,7-13,15,18-19,21H,3-6,14,24H2,(H,27,28)/t18?,19?,21-/m0/s1. The molecule has 1 aliphatic carbocycles. The second-order valence-electron chi connectivity index (χ2n) is 7.62. The summed E-state index contributed by atoms with van der Waals surface area (Å²) in [5.41, 5.74) is 8.06. The molecule has 1 aromatic carbocycles. The molecule has 150 valence electrons. The molecule has 1 amide bonds. The van der Waals surface area contributed by atoms with Gasteiger partial charge >= 0.3 is 0 Å². The fourth-order valence-electron chi connectivity index (χ4n) is 3.82. The van der Waals surface area contributed by atoms with E-state index in [0.29, 0.717) is 6.42 Å². The molecule has 0 spiro atoms. The Hall–Kier alpha value is -2.99. The Balaban J connectivity index is 1.25. The average Bonchev–Trinajstić information content (AvgIpc) is 2.76. The third kappa shape index (κ3) is 5.09. The minimum Gasteiger partial charge on any atom is -0.490 e. The van der Waals surface area contributed by atoms with Crippen molar-refractivity contribution >= 4 is 16.8 Å². The number of fused-ring (bicyclic) bond motifs is 1. The lowest BCUT2D eigenvalue weighted by Gasteiger charge is -2.30. The van der Waals surface area contributed by atoms with Gasteiger partial charge in [-0.1, -0.05) is 6.07 Å². The van der Waals surface area contributed by atoms with E-state index >= 15 is 0 Å². The summed E-state index contributed by atoms with van der Waals surface area (Å²) in [5.74, 6) is 0.783. The topological polar surface area (TPSA) is 90.1 Å². The van der Waals surface area contributed by atoms with Crippen LogP contribution in [0.5, 0.6) is 5.75 Å². The Bertz CT molecular complexity index is 955. The second-order valence-corrected chi connectivity index (χ2v) is 7.62. The summed E-state index contributed by atoms with van der Waals surface area (Å²) in [6.07, 6.45) is 9.53. The molecule has 0 saturated heterocycles. The summed E-state index contributed by atoms with van der Waals surface area (Å²) in [7, 11) is 0. The molecule has 0 unspecified atom stereocenters. The van der Waals surface area contributed by atoms with E-state index in [2.05, 4.69) is 15.3 Å². The Morgan fingerprint density at radius 3 is 2.69 bits per heavy atom. The predicted molar refractivity (Wildman–Crippen MR) is 112 cm³/mol. The van der Waals surface area contributed by atoms with Crippen LogP contribution in [-0.4, -0.2) is 34.1 Å². The van der Waals surface area contributed by atoms with Gasteiger partial charge in [0.15, 0.2) is 0 Å².